The third-order valence-electron chi connectivity index (χ3n) is 2.79. The van der Waals surface area contributed by atoms with Crippen molar-refractivity contribution in [3.8, 4) is 0 Å². The summed E-state index contributed by atoms with van der Waals surface area (Å²) in [4.78, 5) is 0. The zero-order valence-electron chi connectivity index (χ0n) is 9.51. The molecule has 0 aliphatic carbocycles. The van der Waals surface area contributed by atoms with Crippen molar-refractivity contribution >= 4 is 0 Å². The second-order valence-corrected chi connectivity index (χ2v) is 4.02. The molecule has 0 rings (SSSR count). The predicted molar refractivity (Wildman–Crippen MR) is 57.8 cm³/mol. The maximum Gasteiger partial charge on any atom is 0.0664 e. The van der Waals surface area contributed by atoms with E-state index < -0.39 is 0 Å². The van der Waals surface area contributed by atoms with Crippen molar-refractivity contribution in [3.05, 3.63) is 0 Å². The average molecular weight is 187 g/mol. The van der Waals surface area contributed by atoms with Crippen LogP contribution in [0.3, 0.4) is 0 Å². The van der Waals surface area contributed by atoms with Crippen LogP contribution in [0.15, 0.2) is 0 Å². The van der Waals surface area contributed by atoms with Gasteiger partial charge in [0.25, 0.3) is 0 Å². The second kappa shape index (κ2) is 7.34. The van der Waals surface area contributed by atoms with Crippen LogP contribution in [0, 0.1) is 5.92 Å². The summed E-state index contributed by atoms with van der Waals surface area (Å²) in [5.41, 5.74) is 0. The molecule has 3 atom stereocenters. The van der Waals surface area contributed by atoms with Crippen LogP contribution in [0.25, 0.3) is 0 Å². The Morgan fingerprint density at radius 3 is 2.31 bits per heavy atom. The highest BCUT2D eigenvalue weighted by Crippen LogP contribution is 2.06. The largest absolute Gasteiger partial charge is 0.392 e. The molecule has 0 saturated heterocycles. The average Bonchev–Trinajstić information content (AvgIpc) is 2.13. The standard InChI is InChI=1S/C11H25NO/c1-5-7-11(13)8-12-10(4)9(3)6-2/h9-13H,5-8H2,1-4H3. The monoisotopic (exact) mass is 187 g/mol. The summed E-state index contributed by atoms with van der Waals surface area (Å²) in [5.74, 6) is 0.689. The number of hydrogen-bond acceptors (Lipinski definition) is 2. The molecule has 0 heterocycles. The first-order valence-corrected chi connectivity index (χ1v) is 5.53. The van der Waals surface area contributed by atoms with Crippen LogP contribution in [-0.4, -0.2) is 23.8 Å². The molecule has 2 nitrogen and oxygen atoms in total. The highest BCUT2D eigenvalue weighted by atomic mass is 16.3. The molecule has 0 saturated carbocycles. The van der Waals surface area contributed by atoms with Gasteiger partial charge in [0.15, 0.2) is 0 Å². The van der Waals surface area contributed by atoms with Crippen LogP contribution in [0.4, 0.5) is 0 Å². The second-order valence-electron chi connectivity index (χ2n) is 4.02. The van der Waals surface area contributed by atoms with Gasteiger partial charge in [-0.05, 0) is 19.3 Å². The summed E-state index contributed by atoms with van der Waals surface area (Å²) in [6.07, 6.45) is 2.98. The number of hydrogen-bond donors (Lipinski definition) is 2. The quantitative estimate of drug-likeness (QED) is 0.640. The maximum atomic E-state index is 9.49. The minimum atomic E-state index is -0.170. The Morgan fingerprint density at radius 1 is 1.23 bits per heavy atom. The van der Waals surface area contributed by atoms with Crippen molar-refractivity contribution in [2.75, 3.05) is 6.54 Å². The van der Waals surface area contributed by atoms with Gasteiger partial charge in [0.2, 0.25) is 0 Å². The molecule has 0 amide bonds. The topological polar surface area (TPSA) is 32.3 Å². The zero-order valence-corrected chi connectivity index (χ0v) is 9.51. The van der Waals surface area contributed by atoms with E-state index in [1.54, 1.807) is 0 Å². The molecule has 0 spiro atoms. The van der Waals surface area contributed by atoms with E-state index in [1.165, 1.54) is 6.42 Å². The zero-order chi connectivity index (χ0) is 10.3. The van der Waals surface area contributed by atoms with Crippen molar-refractivity contribution < 1.29 is 5.11 Å². The molecular weight excluding hydrogens is 162 g/mol. The molecule has 2 heteroatoms. The van der Waals surface area contributed by atoms with E-state index in [4.69, 9.17) is 0 Å². The van der Waals surface area contributed by atoms with Crippen molar-refractivity contribution in [2.45, 2.75) is 59.1 Å². The first-order valence-electron chi connectivity index (χ1n) is 5.53. The molecule has 3 unspecified atom stereocenters. The normalized spacial score (nSPS) is 18.2. The minimum absolute atomic E-state index is 0.170. The maximum absolute atomic E-state index is 9.49. The van der Waals surface area contributed by atoms with E-state index in [1.807, 2.05) is 0 Å². The van der Waals surface area contributed by atoms with Gasteiger partial charge in [0, 0.05) is 12.6 Å². The lowest BCUT2D eigenvalue weighted by Gasteiger charge is -2.21. The molecule has 0 bridgehead atoms. The fourth-order valence-electron chi connectivity index (χ4n) is 1.31. The molecule has 0 aromatic rings. The van der Waals surface area contributed by atoms with Crippen molar-refractivity contribution in [1.82, 2.24) is 5.32 Å². The lowest BCUT2D eigenvalue weighted by atomic mass is 10.0. The van der Waals surface area contributed by atoms with Crippen molar-refractivity contribution in [1.29, 1.82) is 0 Å². The van der Waals surface area contributed by atoms with Gasteiger partial charge in [0.1, 0.15) is 0 Å². The van der Waals surface area contributed by atoms with Crippen LogP contribution in [-0.2, 0) is 0 Å². The lowest BCUT2D eigenvalue weighted by molar-refractivity contribution is 0.153. The predicted octanol–water partition coefficient (Wildman–Crippen LogP) is 2.17. The summed E-state index contributed by atoms with van der Waals surface area (Å²) in [6, 6.07) is 0.511. The van der Waals surface area contributed by atoms with Gasteiger partial charge in [-0.1, -0.05) is 33.6 Å². The molecule has 13 heavy (non-hydrogen) atoms. The van der Waals surface area contributed by atoms with Crippen LogP contribution in [0.2, 0.25) is 0 Å². The van der Waals surface area contributed by atoms with E-state index in [0.29, 0.717) is 12.0 Å². The van der Waals surface area contributed by atoms with Crippen LogP contribution >= 0.6 is 0 Å². The molecule has 0 aliphatic rings. The summed E-state index contributed by atoms with van der Waals surface area (Å²) in [5, 5.41) is 12.9. The number of nitrogens with one attached hydrogen (secondary N) is 1. The molecule has 0 radical (unpaired) electrons. The van der Waals surface area contributed by atoms with Gasteiger partial charge in [0.05, 0.1) is 6.10 Å². The van der Waals surface area contributed by atoms with Gasteiger partial charge in [-0.15, -0.1) is 0 Å². The fourth-order valence-corrected chi connectivity index (χ4v) is 1.31. The third kappa shape index (κ3) is 6.05. The van der Waals surface area contributed by atoms with Crippen molar-refractivity contribution in [3.63, 3.8) is 0 Å². The molecule has 0 aliphatic heterocycles. The minimum Gasteiger partial charge on any atom is -0.392 e. The Labute approximate surface area is 82.7 Å². The van der Waals surface area contributed by atoms with Gasteiger partial charge in [-0.2, -0.15) is 0 Å². The summed E-state index contributed by atoms with van der Waals surface area (Å²) >= 11 is 0. The molecule has 0 fully saturated rings. The van der Waals surface area contributed by atoms with Gasteiger partial charge in [-0.3, -0.25) is 0 Å². The molecule has 80 valence electrons. The number of aliphatic hydroxyl groups is 1. The Hall–Kier alpha value is -0.0800. The molecular formula is C11H25NO. The van der Waals surface area contributed by atoms with E-state index in [0.717, 1.165) is 19.4 Å². The van der Waals surface area contributed by atoms with E-state index in [2.05, 4.69) is 33.0 Å². The fraction of sp³-hybridized carbons (Fsp3) is 1.00. The smallest absolute Gasteiger partial charge is 0.0664 e. The molecule has 0 aromatic heterocycles. The first-order chi connectivity index (χ1) is 6.11. The molecule has 0 aromatic carbocycles. The van der Waals surface area contributed by atoms with E-state index >= 15 is 0 Å². The SMILES string of the molecule is CCCC(O)CNC(C)C(C)CC. The Bertz CT molecular complexity index is 117. The number of aliphatic hydroxyl groups excluding tert-OH is 1. The summed E-state index contributed by atoms with van der Waals surface area (Å²) in [7, 11) is 0. The van der Waals surface area contributed by atoms with Gasteiger partial charge in [-0.25, -0.2) is 0 Å². The lowest BCUT2D eigenvalue weighted by Crippen LogP contribution is -2.37. The van der Waals surface area contributed by atoms with Gasteiger partial charge < -0.3 is 10.4 Å². The highest BCUT2D eigenvalue weighted by molar-refractivity contribution is 4.69. The molecule has 2 N–H and O–H groups in total. The van der Waals surface area contributed by atoms with E-state index in [9.17, 15) is 5.11 Å². The van der Waals surface area contributed by atoms with E-state index in [-0.39, 0.29) is 6.10 Å². The highest BCUT2D eigenvalue weighted by Gasteiger charge is 2.10. The van der Waals surface area contributed by atoms with Crippen LogP contribution < -0.4 is 5.32 Å². The van der Waals surface area contributed by atoms with Gasteiger partial charge >= 0.3 is 0 Å². The summed E-state index contributed by atoms with van der Waals surface area (Å²) < 4.78 is 0. The Morgan fingerprint density at radius 2 is 1.85 bits per heavy atom. The first kappa shape index (κ1) is 12.9. The summed E-state index contributed by atoms with van der Waals surface area (Å²) in [6.45, 7) is 9.46. The van der Waals surface area contributed by atoms with Crippen molar-refractivity contribution in [2.24, 2.45) is 5.92 Å². The number of rotatable bonds is 7. The Kier molecular flexibility index (Phi) is 7.29. The Balaban J connectivity index is 3.50. The van der Waals surface area contributed by atoms with Crippen LogP contribution in [0.1, 0.15) is 47.0 Å². The van der Waals surface area contributed by atoms with Crippen LogP contribution in [0.5, 0.6) is 0 Å². The third-order valence-corrected chi connectivity index (χ3v) is 2.79.